The summed E-state index contributed by atoms with van der Waals surface area (Å²) in [5, 5.41) is 15.8. The van der Waals surface area contributed by atoms with Crippen LogP contribution in [0.25, 0.3) is 22.9 Å². The van der Waals surface area contributed by atoms with Gasteiger partial charge in [0.2, 0.25) is 5.95 Å². The van der Waals surface area contributed by atoms with Crippen molar-refractivity contribution in [3.63, 3.8) is 0 Å². The maximum atomic E-state index is 14.1. The van der Waals surface area contributed by atoms with Crippen LogP contribution in [0, 0.1) is 5.82 Å². The minimum absolute atomic E-state index is 0.110. The maximum absolute atomic E-state index is 14.1. The summed E-state index contributed by atoms with van der Waals surface area (Å²) in [4.78, 5) is 36.2. The molecule has 3 aromatic heterocycles. The normalized spacial score (nSPS) is 16.2. The van der Waals surface area contributed by atoms with Gasteiger partial charge in [-0.3, -0.25) is 10.1 Å². The molecule has 1 saturated heterocycles. The largest absolute Gasteiger partial charge is 0.368 e. The van der Waals surface area contributed by atoms with Crippen molar-refractivity contribution >= 4 is 41.2 Å². The van der Waals surface area contributed by atoms with Gasteiger partial charge in [0.05, 0.1) is 6.20 Å². The number of amides is 3. The van der Waals surface area contributed by atoms with Gasteiger partial charge < -0.3 is 21.7 Å². The van der Waals surface area contributed by atoms with Crippen LogP contribution in [-0.4, -0.2) is 42.5 Å². The highest BCUT2D eigenvalue weighted by Gasteiger charge is 2.25. The van der Waals surface area contributed by atoms with Gasteiger partial charge >= 0.3 is 6.03 Å². The molecule has 1 aromatic carbocycles. The van der Waals surface area contributed by atoms with Crippen molar-refractivity contribution in [1.29, 1.82) is 0 Å². The summed E-state index contributed by atoms with van der Waals surface area (Å²) in [6.45, 7) is 0.328. The first kappa shape index (κ1) is 22.4. The van der Waals surface area contributed by atoms with E-state index in [1.807, 2.05) is 6.07 Å². The van der Waals surface area contributed by atoms with Gasteiger partial charge in [-0.2, -0.15) is 9.61 Å². The maximum Gasteiger partial charge on any atom is 0.326 e. The molecule has 0 spiro atoms. The van der Waals surface area contributed by atoms with Gasteiger partial charge in [0.15, 0.2) is 5.65 Å². The SMILES string of the molecule is Nc1ncc(-c2cc(F)ccc2CNc2cc(NC3CC3)n3ncc(/C=C4\NC(=O)NC4=O)c3n2)cn1. The van der Waals surface area contributed by atoms with Crippen LogP contribution in [-0.2, 0) is 11.3 Å². The third kappa shape index (κ3) is 4.61. The highest BCUT2D eigenvalue weighted by atomic mass is 19.1. The van der Waals surface area contributed by atoms with Gasteiger partial charge in [-0.05, 0) is 42.2 Å². The summed E-state index contributed by atoms with van der Waals surface area (Å²) in [7, 11) is 0. The fourth-order valence-electron chi connectivity index (χ4n) is 3.98. The average Bonchev–Trinajstić information content (AvgIpc) is 3.51. The predicted octanol–water partition coefficient (Wildman–Crippen LogP) is 2.27. The number of halogens is 1. The summed E-state index contributed by atoms with van der Waals surface area (Å²) in [5.74, 6) is 0.496. The van der Waals surface area contributed by atoms with Crippen LogP contribution < -0.4 is 27.0 Å². The van der Waals surface area contributed by atoms with Crippen LogP contribution in [0.5, 0.6) is 0 Å². The van der Waals surface area contributed by atoms with Gasteiger partial charge in [0.1, 0.15) is 23.1 Å². The average molecular weight is 500 g/mol. The van der Waals surface area contributed by atoms with E-state index in [-0.39, 0.29) is 17.5 Å². The number of hydrogen-bond acceptors (Lipinski definition) is 9. The molecule has 4 heterocycles. The number of hydrogen-bond donors (Lipinski definition) is 5. The van der Waals surface area contributed by atoms with Crippen molar-refractivity contribution in [3.05, 3.63) is 65.5 Å². The van der Waals surface area contributed by atoms with Crippen molar-refractivity contribution in [3.8, 4) is 11.1 Å². The molecule has 1 aliphatic carbocycles. The van der Waals surface area contributed by atoms with E-state index in [4.69, 9.17) is 10.7 Å². The molecule has 3 amide bonds. The second-order valence-electron chi connectivity index (χ2n) is 8.73. The van der Waals surface area contributed by atoms with E-state index in [0.29, 0.717) is 40.7 Å². The molecular weight excluding hydrogens is 479 g/mol. The minimum atomic E-state index is -0.583. The Morgan fingerprint density at radius 2 is 1.95 bits per heavy atom. The third-order valence-corrected chi connectivity index (χ3v) is 5.96. The number of rotatable bonds is 7. The number of fused-ring (bicyclic) bond motifs is 1. The lowest BCUT2D eigenvalue weighted by atomic mass is 10.0. The van der Waals surface area contributed by atoms with Crippen molar-refractivity contribution < 1.29 is 14.0 Å². The number of nitrogens with two attached hydrogens (primary N) is 1. The lowest BCUT2D eigenvalue weighted by Gasteiger charge is -2.14. The Bertz CT molecular complexity index is 1580. The smallest absolute Gasteiger partial charge is 0.326 e. The van der Waals surface area contributed by atoms with E-state index in [2.05, 4.69) is 36.3 Å². The van der Waals surface area contributed by atoms with E-state index in [1.165, 1.54) is 18.2 Å². The Balaban J connectivity index is 1.34. The van der Waals surface area contributed by atoms with Gasteiger partial charge in [0, 0.05) is 42.2 Å². The van der Waals surface area contributed by atoms with Gasteiger partial charge in [0.25, 0.3) is 5.91 Å². The fraction of sp³-hybridized carbons (Fsp3) is 0.167. The number of benzene rings is 1. The van der Waals surface area contributed by atoms with Crippen LogP contribution in [0.4, 0.5) is 26.8 Å². The quantitative estimate of drug-likeness (QED) is 0.189. The molecule has 1 saturated carbocycles. The minimum Gasteiger partial charge on any atom is -0.368 e. The zero-order chi connectivity index (χ0) is 25.5. The first-order valence-electron chi connectivity index (χ1n) is 11.5. The fourth-order valence-corrected chi connectivity index (χ4v) is 3.98. The number of nitrogens with one attached hydrogen (secondary N) is 4. The van der Waals surface area contributed by atoms with Crippen molar-refractivity contribution in [2.24, 2.45) is 0 Å². The van der Waals surface area contributed by atoms with Crippen LogP contribution in [0.1, 0.15) is 24.0 Å². The molecule has 2 fully saturated rings. The number of nitrogens with zero attached hydrogens (tertiary/aromatic N) is 5. The van der Waals surface area contributed by atoms with Gasteiger partial charge in [-0.1, -0.05) is 6.07 Å². The molecule has 0 radical (unpaired) electrons. The molecule has 12 nitrogen and oxygen atoms in total. The van der Waals surface area contributed by atoms with E-state index in [1.54, 1.807) is 29.2 Å². The number of carbonyl (C=O) groups excluding carboxylic acids is 2. The van der Waals surface area contributed by atoms with Crippen LogP contribution in [0.15, 0.2) is 48.6 Å². The lowest BCUT2D eigenvalue weighted by molar-refractivity contribution is -0.115. The summed E-state index contributed by atoms with van der Waals surface area (Å²) in [5.41, 5.74) is 8.81. The molecule has 0 bridgehead atoms. The van der Waals surface area contributed by atoms with Crippen LogP contribution in [0.3, 0.4) is 0 Å². The number of urea groups is 1. The standard InChI is InChI=1S/C24H21FN10O2/c25-15-2-1-12(17(6-15)14-9-28-23(26)29-10-14)8-27-19-7-20(31-16-3-4-16)35-21(33-19)13(11-30-35)5-18-22(36)34-24(37)32-18/h1-2,5-7,9-11,16,31H,3-4,8H2,(H,27,33)(H2,26,28,29)(H2,32,34,36,37)/b18-5-. The number of carbonyl (C=O) groups is 2. The lowest BCUT2D eigenvalue weighted by Crippen LogP contribution is -2.22. The molecule has 13 heteroatoms. The first-order chi connectivity index (χ1) is 17.9. The van der Waals surface area contributed by atoms with E-state index in [9.17, 15) is 14.0 Å². The van der Waals surface area contributed by atoms with Gasteiger partial charge in [-0.25, -0.2) is 24.1 Å². The molecule has 0 unspecified atom stereocenters. The summed E-state index contributed by atoms with van der Waals surface area (Å²) in [6, 6.07) is 6.10. The van der Waals surface area contributed by atoms with Crippen molar-refractivity contribution in [1.82, 2.24) is 35.2 Å². The molecule has 1 aliphatic heterocycles. The summed E-state index contributed by atoms with van der Waals surface area (Å²) < 4.78 is 15.7. The Morgan fingerprint density at radius 3 is 2.68 bits per heavy atom. The number of imide groups is 1. The molecule has 2 aliphatic rings. The Morgan fingerprint density at radius 1 is 1.14 bits per heavy atom. The molecule has 4 aromatic rings. The van der Waals surface area contributed by atoms with Crippen molar-refractivity contribution in [2.45, 2.75) is 25.4 Å². The Labute approximate surface area is 209 Å². The van der Waals surface area contributed by atoms with E-state index in [0.717, 1.165) is 24.2 Å². The number of anilines is 3. The first-order valence-corrected chi connectivity index (χ1v) is 11.5. The second kappa shape index (κ2) is 8.86. The van der Waals surface area contributed by atoms with Gasteiger partial charge in [-0.15, -0.1) is 0 Å². The predicted molar refractivity (Wildman–Crippen MR) is 133 cm³/mol. The van der Waals surface area contributed by atoms with Crippen LogP contribution in [0.2, 0.25) is 0 Å². The molecule has 37 heavy (non-hydrogen) atoms. The number of aromatic nitrogens is 5. The van der Waals surface area contributed by atoms with E-state index < -0.39 is 11.9 Å². The van der Waals surface area contributed by atoms with Crippen LogP contribution >= 0.6 is 0 Å². The Kier molecular flexibility index (Phi) is 5.36. The molecule has 6 rings (SSSR count). The highest BCUT2D eigenvalue weighted by Crippen LogP contribution is 2.29. The second-order valence-corrected chi connectivity index (χ2v) is 8.73. The van der Waals surface area contributed by atoms with Crippen molar-refractivity contribution in [2.75, 3.05) is 16.4 Å². The summed E-state index contributed by atoms with van der Waals surface area (Å²) >= 11 is 0. The zero-order valence-electron chi connectivity index (χ0n) is 19.3. The molecular formula is C24H21FN10O2. The third-order valence-electron chi connectivity index (χ3n) is 5.96. The highest BCUT2D eigenvalue weighted by molar-refractivity contribution is 6.14. The molecule has 0 atom stereocenters. The summed E-state index contributed by atoms with van der Waals surface area (Å²) in [6.07, 6.45) is 8.31. The Hall–Kier alpha value is -5.07. The number of nitrogen functional groups attached to an aromatic ring is 1. The topological polar surface area (TPSA) is 164 Å². The zero-order valence-corrected chi connectivity index (χ0v) is 19.3. The molecule has 6 N–H and O–H groups in total. The monoisotopic (exact) mass is 500 g/mol. The molecule has 186 valence electrons. The van der Waals surface area contributed by atoms with E-state index >= 15 is 0 Å².